The van der Waals surface area contributed by atoms with Crippen molar-refractivity contribution in [1.82, 2.24) is 5.32 Å². The molecule has 0 spiro atoms. The molecular weight excluding hydrogens is 312 g/mol. The Labute approximate surface area is 142 Å². The Morgan fingerprint density at radius 3 is 2.12 bits per heavy atom. The fraction of sp³-hybridized carbons (Fsp3) is 0.529. The largest absolute Gasteiger partial charge is 0.444 e. The first-order valence-corrected chi connectivity index (χ1v) is 7.56. The summed E-state index contributed by atoms with van der Waals surface area (Å²) in [7, 11) is 1.14. The van der Waals surface area contributed by atoms with E-state index in [1.807, 2.05) is 6.07 Å². The normalized spacial score (nSPS) is 16.6. The van der Waals surface area contributed by atoms with Crippen molar-refractivity contribution >= 4 is 12.0 Å². The van der Waals surface area contributed by atoms with Crippen LogP contribution in [0, 0.1) is 0 Å². The zero-order chi connectivity index (χ0) is 18.6. The second-order valence-corrected chi connectivity index (χ2v) is 6.83. The third kappa shape index (κ3) is 4.69. The number of benzene rings is 1. The van der Waals surface area contributed by atoms with E-state index in [4.69, 9.17) is 15.2 Å². The lowest BCUT2D eigenvalue weighted by Crippen LogP contribution is -2.70. The molecule has 0 heterocycles. The molecule has 0 radical (unpaired) electrons. The molecule has 0 unspecified atom stereocenters. The highest BCUT2D eigenvalue weighted by atomic mass is 16.6. The smallest absolute Gasteiger partial charge is 0.408 e. The number of hydrogen-bond donors (Lipinski definition) is 3. The van der Waals surface area contributed by atoms with Gasteiger partial charge < -0.3 is 25.6 Å². The van der Waals surface area contributed by atoms with Gasteiger partial charge in [-0.15, -0.1) is 0 Å². The number of aliphatic hydroxyl groups is 1. The van der Waals surface area contributed by atoms with Crippen molar-refractivity contribution in [3.05, 3.63) is 35.9 Å². The van der Waals surface area contributed by atoms with Crippen molar-refractivity contribution < 1.29 is 24.2 Å². The third-order valence-electron chi connectivity index (χ3n) is 3.55. The van der Waals surface area contributed by atoms with Crippen molar-refractivity contribution in [2.24, 2.45) is 5.73 Å². The molecule has 0 saturated carbocycles. The molecule has 0 aliphatic heterocycles. The minimum atomic E-state index is -2.42. The maximum atomic E-state index is 12.2. The van der Waals surface area contributed by atoms with Gasteiger partial charge in [-0.2, -0.15) is 0 Å². The van der Waals surface area contributed by atoms with Crippen LogP contribution in [0.2, 0.25) is 0 Å². The Hall–Kier alpha value is -2.12. The van der Waals surface area contributed by atoms with Gasteiger partial charge in [0.05, 0.1) is 0 Å². The van der Waals surface area contributed by atoms with Crippen molar-refractivity contribution in [1.29, 1.82) is 0 Å². The summed E-state index contributed by atoms with van der Waals surface area (Å²) in [5, 5.41) is 13.2. The van der Waals surface area contributed by atoms with Gasteiger partial charge >= 0.3 is 6.09 Å². The van der Waals surface area contributed by atoms with Crippen LogP contribution >= 0.6 is 0 Å². The Balaban J connectivity index is 3.20. The minimum absolute atomic E-state index is 0.0976. The maximum absolute atomic E-state index is 12.2. The summed E-state index contributed by atoms with van der Waals surface area (Å²) in [6.45, 7) is 6.59. The van der Waals surface area contributed by atoms with E-state index in [1.54, 1.807) is 45.0 Å². The molecule has 24 heavy (non-hydrogen) atoms. The number of carbonyl (C=O) groups excluding carboxylic acids is 2. The van der Waals surface area contributed by atoms with Crippen LogP contribution in [0.3, 0.4) is 0 Å². The predicted octanol–water partition coefficient (Wildman–Crippen LogP) is 1.33. The average Bonchev–Trinajstić information content (AvgIpc) is 2.44. The maximum Gasteiger partial charge on any atom is 0.408 e. The molecule has 4 N–H and O–H groups in total. The molecular formula is C17H26N2O5. The van der Waals surface area contributed by atoms with E-state index in [0.717, 1.165) is 12.7 Å². The molecule has 0 aliphatic rings. The van der Waals surface area contributed by atoms with Crippen LogP contribution in [-0.4, -0.2) is 41.1 Å². The highest BCUT2D eigenvalue weighted by Gasteiger charge is 2.54. The number of primary amides is 1. The van der Waals surface area contributed by atoms with Crippen LogP contribution in [0.5, 0.6) is 0 Å². The molecule has 0 bridgehead atoms. The summed E-state index contributed by atoms with van der Waals surface area (Å²) in [6.07, 6.45) is -0.696. The van der Waals surface area contributed by atoms with Gasteiger partial charge in [0.25, 0.3) is 11.7 Å². The van der Waals surface area contributed by atoms with Crippen LogP contribution in [0.1, 0.15) is 33.3 Å². The number of hydrogen-bond acceptors (Lipinski definition) is 5. The zero-order valence-electron chi connectivity index (χ0n) is 14.8. The van der Waals surface area contributed by atoms with Crippen molar-refractivity contribution in [3.8, 4) is 0 Å². The molecule has 0 fully saturated rings. The Morgan fingerprint density at radius 1 is 1.17 bits per heavy atom. The summed E-state index contributed by atoms with van der Waals surface area (Å²) < 4.78 is 10.2. The zero-order valence-corrected chi connectivity index (χ0v) is 14.8. The average molecular weight is 338 g/mol. The van der Waals surface area contributed by atoms with E-state index in [-0.39, 0.29) is 6.42 Å². The van der Waals surface area contributed by atoms with Crippen molar-refractivity contribution in [2.45, 2.75) is 51.0 Å². The van der Waals surface area contributed by atoms with E-state index >= 15 is 0 Å². The molecule has 2 atom stereocenters. The lowest BCUT2D eigenvalue weighted by atomic mass is 9.83. The van der Waals surface area contributed by atoms with Crippen molar-refractivity contribution in [2.75, 3.05) is 7.11 Å². The minimum Gasteiger partial charge on any atom is -0.444 e. The fourth-order valence-corrected chi connectivity index (χ4v) is 2.38. The molecule has 7 heteroatoms. The van der Waals surface area contributed by atoms with Gasteiger partial charge in [-0.05, 0) is 33.3 Å². The van der Waals surface area contributed by atoms with Crippen molar-refractivity contribution in [3.63, 3.8) is 0 Å². The molecule has 1 aromatic carbocycles. The summed E-state index contributed by atoms with van der Waals surface area (Å²) >= 11 is 0. The molecule has 1 aromatic rings. The number of nitrogens with one attached hydrogen (secondary N) is 1. The summed E-state index contributed by atoms with van der Waals surface area (Å²) in [5.74, 6) is -3.53. The molecule has 0 aliphatic carbocycles. The Bertz CT molecular complexity index is 584. The number of rotatable bonds is 6. The molecule has 2 amide bonds. The Morgan fingerprint density at radius 2 is 1.71 bits per heavy atom. The van der Waals surface area contributed by atoms with Crippen LogP contribution in [0.25, 0.3) is 0 Å². The molecule has 134 valence electrons. The first kappa shape index (κ1) is 19.9. The van der Waals surface area contributed by atoms with Gasteiger partial charge in [0, 0.05) is 13.5 Å². The first-order chi connectivity index (χ1) is 10.9. The van der Waals surface area contributed by atoms with E-state index in [9.17, 15) is 14.7 Å². The van der Waals surface area contributed by atoms with Gasteiger partial charge in [0.1, 0.15) is 11.1 Å². The fourth-order valence-electron chi connectivity index (χ4n) is 2.38. The van der Waals surface area contributed by atoms with Crippen LogP contribution in [-0.2, 0) is 20.7 Å². The molecule has 0 aromatic heterocycles. The SMILES string of the molecule is CO[C@@](O)(C(N)=O)[C@](C)(Cc1ccccc1)NC(=O)OC(C)(C)C. The number of carbonyl (C=O) groups is 2. The topological polar surface area (TPSA) is 111 Å². The summed E-state index contributed by atoms with van der Waals surface area (Å²) in [4.78, 5) is 24.0. The molecule has 7 nitrogen and oxygen atoms in total. The second-order valence-electron chi connectivity index (χ2n) is 6.83. The van der Waals surface area contributed by atoms with E-state index in [1.165, 1.54) is 6.92 Å². The summed E-state index contributed by atoms with van der Waals surface area (Å²) in [6, 6.07) is 9.04. The number of methoxy groups -OCH3 is 1. The first-order valence-electron chi connectivity index (χ1n) is 7.56. The van der Waals surface area contributed by atoms with E-state index in [0.29, 0.717) is 0 Å². The Kier molecular flexibility index (Phi) is 5.97. The van der Waals surface area contributed by atoms with Crippen LogP contribution in [0.4, 0.5) is 4.79 Å². The monoisotopic (exact) mass is 338 g/mol. The number of ether oxygens (including phenoxy) is 2. The quantitative estimate of drug-likeness (QED) is 0.678. The predicted molar refractivity (Wildman–Crippen MR) is 89.1 cm³/mol. The number of nitrogens with two attached hydrogens (primary N) is 1. The van der Waals surface area contributed by atoms with E-state index in [2.05, 4.69) is 5.32 Å². The third-order valence-corrected chi connectivity index (χ3v) is 3.55. The standard InChI is InChI=1S/C17H26N2O5/c1-15(2,3)24-14(21)19-16(4,17(22,23-5)13(18)20)11-12-9-7-6-8-10-12/h6-10,22H,11H2,1-5H3,(H2,18,20)(H,19,21)/t16-,17-/m0/s1. The summed E-state index contributed by atoms with van der Waals surface area (Å²) in [5.41, 5.74) is 3.80. The van der Waals surface area contributed by atoms with Crippen LogP contribution in [0.15, 0.2) is 30.3 Å². The van der Waals surface area contributed by atoms with Crippen LogP contribution < -0.4 is 11.1 Å². The highest BCUT2D eigenvalue weighted by molar-refractivity contribution is 5.84. The van der Waals surface area contributed by atoms with Gasteiger partial charge in [-0.25, -0.2) is 4.79 Å². The lowest BCUT2D eigenvalue weighted by molar-refractivity contribution is -0.224. The van der Waals surface area contributed by atoms with Gasteiger partial charge in [-0.1, -0.05) is 30.3 Å². The van der Waals surface area contributed by atoms with Gasteiger partial charge in [-0.3, -0.25) is 4.79 Å². The highest BCUT2D eigenvalue weighted by Crippen LogP contribution is 2.28. The second kappa shape index (κ2) is 7.19. The lowest BCUT2D eigenvalue weighted by Gasteiger charge is -2.42. The van der Waals surface area contributed by atoms with Gasteiger partial charge in [0.2, 0.25) is 0 Å². The molecule has 1 rings (SSSR count). The van der Waals surface area contributed by atoms with E-state index < -0.39 is 28.9 Å². The number of alkyl carbamates (subject to hydrolysis) is 1. The molecule has 0 saturated heterocycles. The number of amides is 2. The van der Waals surface area contributed by atoms with Gasteiger partial charge in [0.15, 0.2) is 0 Å².